The van der Waals surface area contributed by atoms with E-state index in [1.165, 1.54) is 6.92 Å². The maximum absolute atomic E-state index is 12.9. The summed E-state index contributed by atoms with van der Waals surface area (Å²) < 4.78 is 82.2. The summed E-state index contributed by atoms with van der Waals surface area (Å²) in [5, 5.41) is 113. The molecule has 0 unspecified atom stereocenters. The Balaban J connectivity index is 0.000000117. The fraction of sp³-hybridized carbons (Fsp3) is 0.250. The first kappa shape index (κ1) is 81.8. The van der Waals surface area contributed by atoms with Gasteiger partial charge < -0.3 is 127 Å². The summed E-state index contributed by atoms with van der Waals surface area (Å²) in [6.45, 7) is 2.56. The molecule has 0 bridgehead atoms. The average Bonchev–Trinajstić information content (AvgIpc) is 1.69. The number of hydrogen-bond donors (Lipinski definition) is 11. The highest BCUT2D eigenvalue weighted by Crippen LogP contribution is 2.54. The van der Waals surface area contributed by atoms with E-state index in [4.69, 9.17) is 71.1 Å². The Bertz CT molecular complexity index is 6420. The minimum atomic E-state index is -1.11. The van der Waals surface area contributed by atoms with E-state index in [9.17, 15) is 80.1 Å². The molecule has 0 aromatic heterocycles. The van der Waals surface area contributed by atoms with Crippen molar-refractivity contribution in [3.63, 3.8) is 0 Å². The van der Waals surface area contributed by atoms with Gasteiger partial charge in [-0.25, -0.2) is 19.2 Å². The summed E-state index contributed by atoms with van der Waals surface area (Å²) in [7, 11) is 0. The number of rotatable bonds is 19. The Kier molecular flexibility index (Phi) is 22.2. The van der Waals surface area contributed by atoms with Gasteiger partial charge in [0.25, 0.3) is 0 Å². The first-order valence-corrected chi connectivity index (χ1v) is 38.8. The van der Waals surface area contributed by atoms with Crippen molar-refractivity contribution >= 4 is 72.9 Å². The van der Waals surface area contributed by atoms with Crippen LogP contribution in [0.2, 0.25) is 0 Å². The largest absolute Gasteiger partial charge is 0.507 e. The predicted molar refractivity (Wildman–Crippen MR) is 433 cm³/mol. The second kappa shape index (κ2) is 33.4. The van der Waals surface area contributed by atoms with Crippen LogP contribution in [0.15, 0.2) is 121 Å². The summed E-state index contributed by atoms with van der Waals surface area (Å²) in [4.78, 5) is 62.7. The predicted octanol–water partition coefficient (Wildman–Crippen LogP) is 10.7. The minimum absolute atomic E-state index is 0.0116. The van der Waals surface area contributed by atoms with Crippen molar-refractivity contribution in [3.05, 3.63) is 210 Å². The molecule has 12 aromatic rings. The lowest BCUT2D eigenvalue weighted by Crippen LogP contribution is -2.28. The van der Waals surface area contributed by atoms with E-state index in [1.54, 1.807) is 117 Å². The molecule has 0 atom stereocenters. The monoisotopic (exact) mass is 1680 g/mol. The number of fused-ring (bicyclic) bond motifs is 12. The zero-order chi connectivity index (χ0) is 86.0. The third-order valence-electron chi connectivity index (χ3n) is 22.1. The molecule has 20 rings (SSSR count). The molecule has 0 amide bonds. The Hall–Kier alpha value is -13.6. The molecule has 8 aliphatic heterocycles. The van der Waals surface area contributed by atoms with Crippen LogP contribution < -0.4 is 52.1 Å². The van der Waals surface area contributed by atoms with Crippen molar-refractivity contribution in [1.82, 2.24) is 0 Å². The fourth-order valence-corrected chi connectivity index (χ4v) is 16.5. The summed E-state index contributed by atoms with van der Waals surface area (Å²) in [6.07, 6.45) is 0. The van der Waals surface area contributed by atoms with E-state index < -0.39 is 35.4 Å². The van der Waals surface area contributed by atoms with E-state index >= 15 is 0 Å². The highest BCUT2D eigenvalue weighted by Gasteiger charge is 2.39. The van der Waals surface area contributed by atoms with Gasteiger partial charge in [-0.1, -0.05) is 24.3 Å². The maximum atomic E-state index is 12.9. The molecule has 12 aromatic carbocycles. The normalized spacial score (nSPS) is 14.3. The number of aromatic hydroxyl groups is 1. The standard InChI is InChI=1S/C25H24O8.C23H18O8.C23H20O8.C21H16O7/c1-25(2,29)11-31-23-17-6-15(9-27)14(8-26)5-16(17)21(22-18(23)10-30-24(22)28)13-3-4-19-20(7-13)33-12-32-19;1-11(26)31-22-16-5-14(8-25)13(7-24)4-15(16)20(21-17(22)9-28-23(21)27)12-2-3-18-19(6-12)30-10-29-18;24-3-4-28-22-16-6-14(9-26)13(8-25)5-15(16)20(21-17(22)10-29-23(21)27)12-1-2-18-19(7-12)31-11-30-18;22-6-11-3-13-14(4-12(11)7-23)20(24)15-8-26-21(25)19(15)18(13)10-1-2-16-17(5-10)28-9-27-16/h3-7,26-27,29H,8-12H2,1-2H3;2-6,24-25H,7-10H2,1H3;1-2,5-7,24-26H,3-4,8-11H2;1-5,22-24H,6-9H2. The van der Waals surface area contributed by atoms with Crippen molar-refractivity contribution in [2.24, 2.45) is 0 Å². The Morgan fingerprint density at radius 2 is 0.585 bits per heavy atom. The van der Waals surface area contributed by atoms with E-state index in [1.807, 2.05) is 18.2 Å². The van der Waals surface area contributed by atoms with Crippen LogP contribution in [-0.2, 0) is 103 Å². The summed E-state index contributed by atoms with van der Waals surface area (Å²) >= 11 is 0. The molecule has 0 aliphatic carbocycles. The van der Waals surface area contributed by atoms with Gasteiger partial charge in [-0.15, -0.1) is 0 Å². The Morgan fingerprint density at radius 1 is 0.325 bits per heavy atom. The molecule has 0 saturated carbocycles. The molecule has 0 fully saturated rings. The molecule has 0 spiro atoms. The molecule has 8 aliphatic rings. The van der Waals surface area contributed by atoms with E-state index in [0.29, 0.717) is 229 Å². The van der Waals surface area contributed by atoms with Crippen LogP contribution in [0.1, 0.15) is 129 Å². The van der Waals surface area contributed by atoms with Crippen molar-refractivity contribution in [3.8, 4) is 114 Å². The maximum Gasteiger partial charge on any atom is 0.339 e. The SMILES string of the molecule is CC(=O)Oc1c2c(c(-c3ccc4c(c3)OCO4)c3cc(CO)c(CO)cc13)C(=O)OC2.CC(C)(O)COc1c2c(c(-c3ccc4c(c3)OCO4)c3cc(CO)c(CO)cc13)C(=O)OC2.O=C1OCc2c1c(-c1ccc3c(c1)OCO3)c1cc(CO)c(CO)cc1c2O.O=C1OCc2c1c(-c1ccc3c(c1)OCO3)c1cc(CO)c(CO)cc1c2OCCO. The zero-order valence-electron chi connectivity index (χ0n) is 66.1. The molecule has 0 saturated heterocycles. The number of hydrogen-bond acceptors (Lipinski definition) is 31. The molecular formula is C92H78O31. The molecule has 632 valence electrons. The molecule has 0 radical (unpaired) electrons. The number of ether oxygens (including phenoxy) is 15. The first-order valence-electron chi connectivity index (χ1n) is 38.8. The van der Waals surface area contributed by atoms with Gasteiger partial charge in [-0.3, -0.25) is 4.79 Å². The summed E-state index contributed by atoms with van der Waals surface area (Å²) in [5.74, 6) is 3.14. The van der Waals surface area contributed by atoms with Crippen LogP contribution in [-0.4, -0.2) is 139 Å². The van der Waals surface area contributed by atoms with Crippen LogP contribution >= 0.6 is 0 Å². The van der Waals surface area contributed by atoms with Gasteiger partial charge in [0.05, 0.1) is 87.3 Å². The van der Waals surface area contributed by atoms with Gasteiger partial charge in [0.2, 0.25) is 27.2 Å². The van der Waals surface area contributed by atoms with Crippen LogP contribution in [0.25, 0.3) is 87.6 Å². The highest BCUT2D eigenvalue weighted by atomic mass is 16.7. The van der Waals surface area contributed by atoms with Crippen LogP contribution in [0.4, 0.5) is 0 Å². The molecular weight excluding hydrogens is 1600 g/mol. The van der Waals surface area contributed by atoms with E-state index in [0.717, 1.165) is 5.56 Å². The number of phenols is 1. The lowest BCUT2D eigenvalue weighted by atomic mass is 9.87. The van der Waals surface area contributed by atoms with Crippen LogP contribution in [0, 0.1) is 0 Å². The Morgan fingerprint density at radius 3 is 0.886 bits per heavy atom. The molecule has 31 nitrogen and oxygen atoms in total. The molecule has 123 heavy (non-hydrogen) atoms. The van der Waals surface area contributed by atoms with Gasteiger partial charge in [0.15, 0.2) is 46.0 Å². The van der Waals surface area contributed by atoms with Crippen molar-refractivity contribution in [1.29, 1.82) is 0 Å². The first-order chi connectivity index (χ1) is 59.6. The molecule has 31 heteroatoms. The smallest absolute Gasteiger partial charge is 0.339 e. The Labute approximate surface area is 697 Å². The van der Waals surface area contributed by atoms with Gasteiger partial charge in [0.1, 0.15) is 62.6 Å². The van der Waals surface area contributed by atoms with Gasteiger partial charge in [0, 0.05) is 73.0 Å². The van der Waals surface area contributed by atoms with Gasteiger partial charge in [-0.05, 0) is 199 Å². The van der Waals surface area contributed by atoms with Gasteiger partial charge in [-0.2, -0.15) is 0 Å². The van der Waals surface area contributed by atoms with Crippen molar-refractivity contribution in [2.75, 3.05) is 47.0 Å². The summed E-state index contributed by atoms with van der Waals surface area (Å²) in [5.41, 5.74) is 11.6. The second-order valence-electron chi connectivity index (χ2n) is 30.0. The molecule has 8 heterocycles. The van der Waals surface area contributed by atoms with Crippen molar-refractivity contribution < 1.29 is 151 Å². The molecule has 11 N–H and O–H groups in total. The van der Waals surface area contributed by atoms with Crippen LogP contribution in [0.3, 0.4) is 0 Å². The number of aliphatic hydroxyl groups is 10. The number of cyclic esters (lactones) is 4. The number of carbonyl (C=O) groups excluding carboxylic acids is 5. The quantitative estimate of drug-likeness (QED) is 0.0203. The average molecular weight is 1680 g/mol. The number of benzene rings is 12. The lowest BCUT2D eigenvalue weighted by molar-refractivity contribution is -0.131. The topological polar surface area (TPSA) is 446 Å². The van der Waals surface area contributed by atoms with E-state index in [2.05, 4.69) is 0 Å². The number of aliphatic hydroxyl groups excluding tert-OH is 9. The lowest BCUT2D eigenvalue weighted by Gasteiger charge is -2.22. The summed E-state index contributed by atoms with van der Waals surface area (Å²) in [6, 6.07) is 35.2. The highest BCUT2D eigenvalue weighted by molar-refractivity contribution is 6.18. The van der Waals surface area contributed by atoms with Gasteiger partial charge >= 0.3 is 29.8 Å². The third kappa shape index (κ3) is 14.8. The number of phenolic OH excluding ortho intramolecular Hbond substituents is 1. The number of esters is 5. The minimum Gasteiger partial charge on any atom is -0.507 e. The zero-order valence-corrected chi connectivity index (χ0v) is 66.1. The second-order valence-corrected chi connectivity index (χ2v) is 30.0. The third-order valence-corrected chi connectivity index (χ3v) is 22.1. The van der Waals surface area contributed by atoms with Crippen molar-refractivity contribution in [2.45, 2.75) is 106 Å². The van der Waals surface area contributed by atoms with E-state index in [-0.39, 0.29) is 138 Å². The van der Waals surface area contributed by atoms with Crippen LogP contribution in [0.5, 0.6) is 69.0 Å². The fourth-order valence-electron chi connectivity index (χ4n) is 16.5. The number of carbonyl (C=O) groups is 5.